The highest BCUT2D eigenvalue weighted by atomic mass is 35.5. The molecule has 6 heteroatoms. The highest BCUT2D eigenvalue weighted by Gasteiger charge is 2.19. The summed E-state index contributed by atoms with van der Waals surface area (Å²) in [6.07, 6.45) is 3.96. The van der Waals surface area contributed by atoms with Crippen molar-refractivity contribution in [3.8, 4) is 0 Å². The smallest absolute Gasteiger partial charge is 0.122 e. The molecule has 0 spiro atoms. The molecule has 0 aliphatic heterocycles. The molecule has 0 bridgehead atoms. The summed E-state index contributed by atoms with van der Waals surface area (Å²) < 4.78 is 6.65. The number of rotatable bonds is 5. The van der Waals surface area contributed by atoms with E-state index in [2.05, 4.69) is 10.1 Å². The Hall–Kier alpha value is -1.43. The van der Waals surface area contributed by atoms with Gasteiger partial charge in [-0.25, -0.2) is 0 Å². The van der Waals surface area contributed by atoms with Gasteiger partial charge in [-0.1, -0.05) is 11.6 Å². The maximum atomic E-state index is 10.3. The molecule has 0 radical (unpaired) electrons. The van der Waals surface area contributed by atoms with E-state index >= 15 is 0 Å². The molecule has 5 nitrogen and oxygen atoms in total. The summed E-state index contributed by atoms with van der Waals surface area (Å²) in [6.45, 7) is 1.05. The molecule has 0 fully saturated rings. The Bertz CT molecular complexity index is 501. The fourth-order valence-electron chi connectivity index (χ4n) is 1.70. The third-order valence-corrected chi connectivity index (χ3v) is 2.91. The van der Waals surface area contributed by atoms with Gasteiger partial charge in [-0.05, 0) is 17.7 Å². The van der Waals surface area contributed by atoms with E-state index in [0.717, 1.165) is 5.56 Å². The van der Waals surface area contributed by atoms with Gasteiger partial charge in [0.2, 0.25) is 0 Å². The first-order valence-electron chi connectivity index (χ1n) is 5.52. The van der Waals surface area contributed by atoms with Crippen molar-refractivity contribution in [3.63, 3.8) is 0 Å². The number of nitrogens with zero attached hydrogens (tertiary/aromatic N) is 3. The molecule has 2 aromatic rings. The van der Waals surface area contributed by atoms with Crippen LogP contribution in [0.1, 0.15) is 17.4 Å². The van der Waals surface area contributed by atoms with Crippen LogP contribution in [0.25, 0.3) is 0 Å². The van der Waals surface area contributed by atoms with Crippen LogP contribution in [0.4, 0.5) is 0 Å². The van der Waals surface area contributed by atoms with E-state index in [1.165, 1.54) is 6.20 Å². The molecule has 2 rings (SSSR count). The molecule has 18 heavy (non-hydrogen) atoms. The molecule has 0 saturated carbocycles. The second kappa shape index (κ2) is 5.95. The molecule has 1 N–H and O–H groups in total. The Balaban J connectivity index is 2.29. The van der Waals surface area contributed by atoms with Crippen molar-refractivity contribution in [2.45, 2.75) is 12.6 Å². The first-order chi connectivity index (χ1) is 8.74. The summed E-state index contributed by atoms with van der Waals surface area (Å²) in [6, 6.07) is 3.49. The zero-order chi connectivity index (χ0) is 13.0. The standard InChI is InChI=1S/C12H14ClN3O2/c1-18-7-6-16-11(10(13)8-15-16)12(17)9-2-4-14-5-3-9/h2-5,8,12,17H,6-7H2,1H3. The molecule has 0 aliphatic carbocycles. The lowest BCUT2D eigenvalue weighted by atomic mass is 10.1. The Labute approximate surface area is 110 Å². The van der Waals surface area contributed by atoms with Gasteiger partial charge in [0.25, 0.3) is 0 Å². The van der Waals surface area contributed by atoms with Crippen LogP contribution in [-0.2, 0) is 11.3 Å². The van der Waals surface area contributed by atoms with Crippen molar-refractivity contribution in [1.29, 1.82) is 0 Å². The number of aliphatic hydroxyl groups is 1. The molecule has 96 valence electrons. The summed E-state index contributed by atoms with van der Waals surface area (Å²) >= 11 is 6.07. The van der Waals surface area contributed by atoms with Crippen LogP contribution < -0.4 is 0 Å². The predicted octanol–water partition coefficient (Wildman–Crippen LogP) is 1.66. The van der Waals surface area contributed by atoms with Gasteiger partial charge >= 0.3 is 0 Å². The number of pyridine rings is 1. The van der Waals surface area contributed by atoms with Gasteiger partial charge in [0.1, 0.15) is 6.10 Å². The van der Waals surface area contributed by atoms with Crippen molar-refractivity contribution >= 4 is 11.6 Å². The molecule has 1 atom stereocenters. The molecule has 1 unspecified atom stereocenters. The van der Waals surface area contributed by atoms with E-state index in [9.17, 15) is 5.11 Å². The lowest BCUT2D eigenvalue weighted by Crippen LogP contribution is -2.13. The quantitative estimate of drug-likeness (QED) is 0.895. The molecule has 2 heterocycles. The lowest BCUT2D eigenvalue weighted by molar-refractivity contribution is 0.171. The third-order valence-electron chi connectivity index (χ3n) is 2.62. The maximum Gasteiger partial charge on any atom is 0.122 e. The monoisotopic (exact) mass is 267 g/mol. The number of methoxy groups -OCH3 is 1. The van der Waals surface area contributed by atoms with Crippen LogP contribution >= 0.6 is 11.6 Å². The predicted molar refractivity (Wildman–Crippen MR) is 67.4 cm³/mol. The van der Waals surface area contributed by atoms with Gasteiger partial charge in [0.05, 0.1) is 30.1 Å². The van der Waals surface area contributed by atoms with Gasteiger partial charge in [-0.2, -0.15) is 5.10 Å². The van der Waals surface area contributed by atoms with Gasteiger partial charge in [0, 0.05) is 19.5 Å². The van der Waals surface area contributed by atoms with E-state index in [1.54, 1.807) is 36.3 Å². The number of aliphatic hydroxyl groups excluding tert-OH is 1. The zero-order valence-corrected chi connectivity index (χ0v) is 10.7. The Morgan fingerprint density at radius 1 is 1.44 bits per heavy atom. The first-order valence-corrected chi connectivity index (χ1v) is 5.90. The Kier molecular flexibility index (Phi) is 4.30. The average molecular weight is 268 g/mol. The highest BCUT2D eigenvalue weighted by molar-refractivity contribution is 6.31. The van der Waals surface area contributed by atoms with E-state index < -0.39 is 6.10 Å². The molecule has 0 aromatic carbocycles. The van der Waals surface area contributed by atoms with Crippen LogP contribution in [0.2, 0.25) is 5.02 Å². The molecule has 2 aromatic heterocycles. The summed E-state index contributed by atoms with van der Waals surface area (Å²) in [4.78, 5) is 3.92. The lowest BCUT2D eigenvalue weighted by Gasteiger charge is -2.14. The average Bonchev–Trinajstić information content (AvgIpc) is 2.77. The number of hydrogen-bond donors (Lipinski definition) is 1. The van der Waals surface area contributed by atoms with Gasteiger partial charge in [-0.3, -0.25) is 9.67 Å². The minimum absolute atomic E-state index is 0.440. The Morgan fingerprint density at radius 3 is 2.83 bits per heavy atom. The van der Waals surface area contributed by atoms with Crippen LogP contribution in [0.3, 0.4) is 0 Å². The van der Waals surface area contributed by atoms with E-state index in [0.29, 0.717) is 23.9 Å². The topological polar surface area (TPSA) is 60.2 Å². The largest absolute Gasteiger partial charge is 0.383 e. The summed E-state index contributed by atoms with van der Waals surface area (Å²) in [5.41, 5.74) is 1.30. The first kappa shape index (κ1) is 13.0. The highest BCUT2D eigenvalue weighted by Crippen LogP contribution is 2.27. The zero-order valence-electron chi connectivity index (χ0n) is 9.95. The number of aromatic nitrogens is 3. The van der Waals surface area contributed by atoms with Crippen LogP contribution in [-0.4, -0.2) is 33.6 Å². The van der Waals surface area contributed by atoms with Crippen molar-refractivity contribution in [2.24, 2.45) is 0 Å². The number of halogens is 1. The number of ether oxygens (including phenoxy) is 1. The summed E-state index contributed by atoms with van der Waals surface area (Å²) in [5, 5.41) is 14.9. The van der Waals surface area contributed by atoms with Crippen LogP contribution in [0.5, 0.6) is 0 Å². The molecule has 0 aliphatic rings. The van der Waals surface area contributed by atoms with Crippen molar-refractivity contribution < 1.29 is 9.84 Å². The molecular formula is C12H14ClN3O2. The fraction of sp³-hybridized carbons (Fsp3) is 0.333. The summed E-state index contributed by atoms with van der Waals surface area (Å²) in [5.74, 6) is 0. The molecule has 0 saturated heterocycles. The second-order valence-electron chi connectivity index (χ2n) is 3.78. The van der Waals surface area contributed by atoms with Crippen LogP contribution in [0, 0.1) is 0 Å². The van der Waals surface area contributed by atoms with Gasteiger partial charge in [-0.15, -0.1) is 0 Å². The maximum absolute atomic E-state index is 10.3. The van der Waals surface area contributed by atoms with E-state index in [4.69, 9.17) is 16.3 Å². The van der Waals surface area contributed by atoms with E-state index in [-0.39, 0.29) is 0 Å². The minimum atomic E-state index is -0.820. The summed E-state index contributed by atoms with van der Waals surface area (Å²) in [7, 11) is 1.62. The van der Waals surface area contributed by atoms with Crippen molar-refractivity contribution in [1.82, 2.24) is 14.8 Å². The normalized spacial score (nSPS) is 12.6. The molecular weight excluding hydrogens is 254 g/mol. The van der Waals surface area contributed by atoms with Crippen LogP contribution in [0.15, 0.2) is 30.7 Å². The third kappa shape index (κ3) is 2.69. The Morgan fingerprint density at radius 2 is 2.17 bits per heavy atom. The van der Waals surface area contributed by atoms with Crippen molar-refractivity contribution in [3.05, 3.63) is 47.0 Å². The van der Waals surface area contributed by atoms with Crippen molar-refractivity contribution in [2.75, 3.05) is 13.7 Å². The second-order valence-corrected chi connectivity index (χ2v) is 4.18. The van der Waals surface area contributed by atoms with Gasteiger partial charge < -0.3 is 9.84 Å². The fourth-order valence-corrected chi connectivity index (χ4v) is 1.95. The molecule has 0 amide bonds. The number of hydrogen-bond acceptors (Lipinski definition) is 4. The van der Waals surface area contributed by atoms with E-state index in [1.807, 2.05) is 0 Å². The minimum Gasteiger partial charge on any atom is -0.383 e. The van der Waals surface area contributed by atoms with Gasteiger partial charge in [0.15, 0.2) is 0 Å². The SMILES string of the molecule is COCCn1ncc(Cl)c1C(O)c1ccncc1.